The van der Waals surface area contributed by atoms with E-state index >= 15 is 0 Å². The molecule has 4 aromatic rings. The maximum absolute atomic E-state index is 13.9. The summed E-state index contributed by atoms with van der Waals surface area (Å²) in [5, 5.41) is 2.71. The van der Waals surface area contributed by atoms with E-state index in [0.29, 0.717) is 47.2 Å². The lowest BCUT2D eigenvalue weighted by Gasteiger charge is -2.23. The number of likely N-dealkylation sites (tertiary alicyclic amines) is 1. The summed E-state index contributed by atoms with van der Waals surface area (Å²) in [6.07, 6.45) is 3.96. The van der Waals surface area contributed by atoms with E-state index in [4.69, 9.17) is 4.74 Å². The summed E-state index contributed by atoms with van der Waals surface area (Å²) in [5.74, 6) is -0.927. The standard InChI is InChI=1S/C34H31FN6O4S/c1-22-18-37-28(19-36-22)20-41-32(43)30(46-33(41)39-27-10-5-9-25(35)17-27)24-12-14-26(15-13-24)38-31(42)29-11-6-16-40(29)34(44)45-21-23-7-3-2-4-8-23/h2-5,7-10,12-15,17-19,29-30H,6,11,16,20-21H2,1H3,(H,38,42)/t29-,30?/m0/s1. The number of rotatable bonds is 8. The van der Waals surface area contributed by atoms with Crippen LogP contribution in [-0.4, -0.2) is 55.4 Å². The van der Waals surface area contributed by atoms with Crippen LogP contribution in [0.4, 0.5) is 20.6 Å². The van der Waals surface area contributed by atoms with Crippen LogP contribution in [-0.2, 0) is 27.5 Å². The van der Waals surface area contributed by atoms with Crippen LogP contribution in [0.3, 0.4) is 0 Å². The van der Waals surface area contributed by atoms with Gasteiger partial charge in [-0.1, -0.05) is 60.3 Å². The summed E-state index contributed by atoms with van der Waals surface area (Å²) in [7, 11) is 0. The average Bonchev–Trinajstić information content (AvgIpc) is 3.67. The van der Waals surface area contributed by atoms with Gasteiger partial charge in [-0.2, -0.15) is 0 Å². The monoisotopic (exact) mass is 638 g/mol. The van der Waals surface area contributed by atoms with E-state index in [1.54, 1.807) is 48.8 Å². The van der Waals surface area contributed by atoms with Gasteiger partial charge >= 0.3 is 6.09 Å². The van der Waals surface area contributed by atoms with Crippen molar-refractivity contribution >= 4 is 46.2 Å². The second-order valence-corrected chi connectivity index (χ2v) is 12.0. The van der Waals surface area contributed by atoms with Gasteiger partial charge in [0.25, 0.3) is 0 Å². The smallest absolute Gasteiger partial charge is 0.410 e. The molecule has 3 aromatic carbocycles. The fourth-order valence-electron chi connectivity index (χ4n) is 5.24. The van der Waals surface area contributed by atoms with Crippen molar-refractivity contribution in [1.29, 1.82) is 0 Å². The Kier molecular flexibility index (Phi) is 9.34. The van der Waals surface area contributed by atoms with Crippen LogP contribution in [0.1, 0.15) is 40.6 Å². The normalized spacial score (nSPS) is 18.7. The number of thioether (sulfide) groups is 1. The second kappa shape index (κ2) is 13.9. The first kappa shape index (κ1) is 30.9. The van der Waals surface area contributed by atoms with Crippen LogP contribution in [0, 0.1) is 12.7 Å². The van der Waals surface area contributed by atoms with Gasteiger partial charge in [0.05, 0.1) is 29.8 Å². The molecule has 1 N–H and O–H groups in total. The van der Waals surface area contributed by atoms with E-state index in [0.717, 1.165) is 11.3 Å². The molecular formula is C34H31FN6O4S. The zero-order valence-corrected chi connectivity index (χ0v) is 25.8. The molecule has 46 heavy (non-hydrogen) atoms. The number of aromatic nitrogens is 2. The zero-order valence-electron chi connectivity index (χ0n) is 25.0. The summed E-state index contributed by atoms with van der Waals surface area (Å²) in [6, 6.07) is 21.6. The van der Waals surface area contributed by atoms with Crippen molar-refractivity contribution in [3.8, 4) is 0 Å². The Bertz CT molecular complexity index is 1750. The summed E-state index contributed by atoms with van der Waals surface area (Å²) in [4.78, 5) is 55.9. The van der Waals surface area contributed by atoms with E-state index in [-0.39, 0.29) is 25.0 Å². The quantitative estimate of drug-likeness (QED) is 0.245. The van der Waals surface area contributed by atoms with Crippen molar-refractivity contribution in [3.63, 3.8) is 0 Å². The number of halogens is 1. The number of hydrogen-bond donors (Lipinski definition) is 1. The van der Waals surface area contributed by atoms with Crippen molar-refractivity contribution < 1.29 is 23.5 Å². The highest BCUT2D eigenvalue weighted by molar-refractivity contribution is 8.15. The molecule has 0 spiro atoms. The van der Waals surface area contributed by atoms with Gasteiger partial charge in [-0.3, -0.25) is 29.4 Å². The minimum Gasteiger partial charge on any atom is -0.445 e. The highest BCUT2D eigenvalue weighted by Gasteiger charge is 2.40. The van der Waals surface area contributed by atoms with Crippen molar-refractivity contribution in [2.24, 2.45) is 4.99 Å². The number of benzene rings is 3. The number of ether oxygens (including phenoxy) is 1. The van der Waals surface area contributed by atoms with Gasteiger partial charge in [-0.05, 0) is 61.2 Å². The third-order valence-corrected chi connectivity index (χ3v) is 8.84. The SMILES string of the molecule is Cc1cnc(CN2C(=O)C(c3ccc(NC(=O)[C@@H]4CCCN4C(=O)OCc4ccccc4)cc3)SC2=Nc2cccc(F)c2)cn1. The largest absolute Gasteiger partial charge is 0.445 e. The second-order valence-electron chi connectivity index (χ2n) is 10.9. The third-order valence-electron chi connectivity index (χ3n) is 7.61. The molecule has 12 heteroatoms. The van der Waals surface area contributed by atoms with Gasteiger partial charge < -0.3 is 10.1 Å². The number of anilines is 1. The number of hydrogen-bond acceptors (Lipinski definition) is 8. The number of amides is 3. The topological polar surface area (TPSA) is 117 Å². The first-order valence-corrected chi connectivity index (χ1v) is 15.7. The maximum atomic E-state index is 13.9. The Morgan fingerprint density at radius 1 is 1.04 bits per heavy atom. The van der Waals surface area contributed by atoms with Crippen LogP contribution in [0.2, 0.25) is 0 Å². The molecule has 0 aliphatic carbocycles. The van der Waals surface area contributed by atoms with E-state index in [9.17, 15) is 18.8 Å². The third kappa shape index (κ3) is 7.23. The van der Waals surface area contributed by atoms with Crippen LogP contribution in [0.25, 0.3) is 0 Å². The Labute approximate surface area is 269 Å². The van der Waals surface area contributed by atoms with E-state index in [2.05, 4.69) is 20.3 Å². The Balaban J connectivity index is 1.13. The molecule has 1 aromatic heterocycles. The van der Waals surface area contributed by atoms with E-state index < -0.39 is 23.2 Å². The van der Waals surface area contributed by atoms with Crippen LogP contribution >= 0.6 is 11.8 Å². The van der Waals surface area contributed by atoms with Gasteiger partial charge in [0.15, 0.2) is 5.17 Å². The van der Waals surface area contributed by atoms with Gasteiger partial charge in [0.2, 0.25) is 11.8 Å². The van der Waals surface area contributed by atoms with Gasteiger partial charge in [0.1, 0.15) is 23.7 Å². The highest BCUT2D eigenvalue weighted by atomic mass is 32.2. The van der Waals surface area contributed by atoms with Gasteiger partial charge in [-0.25, -0.2) is 14.2 Å². The number of amidine groups is 1. The van der Waals surface area contributed by atoms with E-state index in [1.807, 2.05) is 37.3 Å². The fraction of sp³-hybridized carbons (Fsp3) is 0.235. The lowest BCUT2D eigenvalue weighted by Crippen LogP contribution is -2.43. The van der Waals surface area contributed by atoms with Crippen molar-refractivity contribution in [3.05, 3.63) is 120 Å². The minimum atomic E-state index is -0.644. The van der Waals surface area contributed by atoms with Crippen molar-refractivity contribution in [2.45, 2.75) is 44.2 Å². The molecule has 2 atom stereocenters. The molecule has 1 unspecified atom stereocenters. The number of aliphatic imine (C=N–C) groups is 1. The lowest BCUT2D eigenvalue weighted by atomic mass is 10.1. The molecule has 10 nitrogen and oxygen atoms in total. The Hall–Kier alpha value is -5.10. The summed E-state index contributed by atoms with van der Waals surface area (Å²) in [5.41, 5.74) is 3.86. The molecule has 2 fully saturated rings. The summed E-state index contributed by atoms with van der Waals surface area (Å²) in [6.45, 7) is 2.56. The molecule has 2 saturated heterocycles. The average molecular weight is 639 g/mol. The van der Waals surface area contributed by atoms with E-state index in [1.165, 1.54) is 33.7 Å². The molecule has 3 amide bonds. The molecule has 0 radical (unpaired) electrons. The van der Waals surface area contributed by atoms with Gasteiger partial charge in [0, 0.05) is 18.4 Å². The highest BCUT2D eigenvalue weighted by Crippen LogP contribution is 2.41. The number of aryl methyl sites for hydroxylation is 1. The van der Waals surface area contributed by atoms with Crippen molar-refractivity contribution in [2.75, 3.05) is 11.9 Å². The number of carbonyl (C=O) groups is 3. The van der Waals surface area contributed by atoms with Crippen LogP contribution in [0.5, 0.6) is 0 Å². The minimum absolute atomic E-state index is 0.133. The molecule has 2 aliphatic rings. The predicted molar refractivity (Wildman–Crippen MR) is 173 cm³/mol. The first-order valence-electron chi connectivity index (χ1n) is 14.8. The summed E-state index contributed by atoms with van der Waals surface area (Å²) >= 11 is 1.26. The summed E-state index contributed by atoms with van der Waals surface area (Å²) < 4.78 is 19.4. The fourth-order valence-corrected chi connectivity index (χ4v) is 6.42. The molecule has 234 valence electrons. The number of nitrogens with zero attached hydrogens (tertiary/aromatic N) is 5. The molecule has 0 bridgehead atoms. The Morgan fingerprint density at radius 3 is 2.59 bits per heavy atom. The van der Waals surface area contributed by atoms with Crippen molar-refractivity contribution in [1.82, 2.24) is 19.8 Å². The number of nitrogens with one attached hydrogen (secondary N) is 1. The lowest BCUT2D eigenvalue weighted by molar-refractivity contribution is -0.126. The number of carbonyl (C=O) groups excluding carboxylic acids is 3. The molecule has 2 aliphatic heterocycles. The van der Waals surface area contributed by atoms with Crippen LogP contribution < -0.4 is 5.32 Å². The Morgan fingerprint density at radius 2 is 1.85 bits per heavy atom. The molecular weight excluding hydrogens is 607 g/mol. The zero-order chi connectivity index (χ0) is 32.0. The molecule has 6 rings (SSSR count). The maximum Gasteiger partial charge on any atom is 0.410 e. The molecule has 3 heterocycles. The van der Waals surface area contributed by atoms with Crippen LogP contribution in [0.15, 0.2) is 96.2 Å². The predicted octanol–water partition coefficient (Wildman–Crippen LogP) is 6.17. The molecule has 0 saturated carbocycles. The van der Waals surface area contributed by atoms with Gasteiger partial charge in [-0.15, -0.1) is 0 Å². The first-order chi connectivity index (χ1) is 22.3.